The van der Waals surface area contributed by atoms with Crippen molar-refractivity contribution < 1.29 is 14.6 Å². The SMILES string of the molecule is CC(C)(C)OC(=O)NC(CO)Cc1ccccc1Br. The fourth-order valence-corrected chi connectivity index (χ4v) is 2.01. The minimum Gasteiger partial charge on any atom is -0.444 e. The van der Waals surface area contributed by atoms with Crippen molar-refractivity contribution in [3.05, 3.63) is 34.3 Å². The first-order chi connectivity index (χ1) is 8.81. The average Bonchev–Trinajstić information content (AvgIpc) is 2.28. The van der Waals surface area contributed by atoms with Gasteiger partial charge in [0.15, 0.2) is 0 Å². The van der Waals surface area contributed by atoms with Crippen LogP contribution in [-0.2, 0) is 11.2 Å². The lowest BCUT2D eigenvalue weighted by Gasteiger charge is -2.23. The smallest absolute Gasteiger partial charge is 0.407 e. The van der Waals surface area contributed by atoms with Crippen molar-refractivity contribution >= 4 is 22.0 Å². The number of ether oxygens (including phenoxy) is 1. The molecule has 0 saturated heterocycles. The molecular weight excluding hydrogens is 310 g/mol. The zero-order chi connectivity index (χ0) is 14.5. The molecule has 0 aliphatic carbocycles. The van der Waals surface area contributed by atoms with E-state index in [-0.39, 0.29) is 12.6 Å². The summed E-state index contributed by atoms with van der Waals surface area (Å²) in [6, 6.07) is 7.35. The number of benzene rings is 1. The highest BCUT2D eigenvalue weighted by molar-refractivity contribution is 9.10. The summed E-state index contributed by atoms with van der Waals surface area (Å²) in [5.74, 6) is 0. The second-order valence-corrected chi connectivity index (χ2v) is 6.18. The lowest BCUT2D eigenvalue weighted by atomic mass is 10.1. The van der Waals surface area contributed by atoms with E-state index in [1.54, 1.807) is 20.8 Å². The van der Waals surface area contributed by atoms with Gasteiger partial charge in [-0.15, -0.1) is 0 Å². The number of halogens is 1. The zero-order valence-electron chi connectivity index (χ0n) is 11.4. The molecule has 0 aromatic heterocycles. The highest BCUT2D eigenvalue weighted by Crippen LogP contribution is 2.17. The molecule has 2 N–H and O–H groups in total. The quantitative estimate of drug-likeness (QED) is 0.892. The largest absolute Gasteiger partial charge is 0.444 e. The van der Waals surface area contributed by atoms with Crippen LogP contribution in [0.4, 0.5) is 4.79 Å². The number of aliphatic hydroxyl groups is 1. The van der Waals surface area contributed by atoms with Gasteiger partial charge in [-0.05, 0) is 38.8 Å². The van der Waals surface area contributed by atoms with Crippen LogP contribution in [0.5, 0.6) is 0 Å². The van der Waals surface area contributed by atoms with Crippen molar-refractivity contribution in [1.82, 2.24) is 5.32 Å². The summed E-state index contributed by atoms with van der Waals surface area (Å²) in [5.41, 5.74) is 0.481. The molecule has 0 saturated carbocycles. The summed E-state index contributed by atoms with van der Waals surface area (Å²) in [5, 5.41) is 12.0. The summed E-state index contributed by atoms with van der Waals surface area (Å²) in [6.45, 7) is 5.26. The van der Waals surface area contributed by atoms with Gasteiger partial charge in [0, 0.05) is 4.47 Å². The van der Waals surface area contributed by atoms with Gasteiger partial charge in [0.1, 0.15) is 5.60 Å². The molecule has 0 fully saturated rings. The number of hydrogen-bond acceptors (Lipinski definition) is 3. The standard InChI is InChI=1S/C14H20BrNO3/c1-14(2,3)19-13(18)16-11(9-17)8-10-6-4-5-7-12(10)15/h4-7,11,17H,8-9H2,1-3H3,(H,16,18). The highest BCUT2D eigenvalue weighted by atomic mass is 79.9. The van der Waals surface area contributed by atoms with Gasteiger partial charge in [-0.25, -0.2) is 4.79 Å². The van der Waals surface area contributed by atoms with E-state index in [9.17, 15) is 9.90 Å². The number of amides is 1. The van der Waals surface area contributed by atoms with E-state index in [1.807, 2.05) is 24.3 Å². The van der Waals surface area contributed by atoms with Crippen molar-refractivity contribution in [1.29, 1.82) is 0 Å². The normalized spacial score (nSPS) is 12.9. The number of carbonyl (C=O) groups is 1. The van der Waals surface area contributed by atoms with Crippen LogP contribution in [0, 0.1) is 0 Å². The Hall–Kier alpha value is -1.07. The predicted molar refractivity (Wildman–Crippen MR) is 78.1 cm³/mol. The van der Waals surface area contributed by atoms with E-state index in [0.29, 0.717) is 6.42 Å². The topological polar surface area (TPSA) is 58.6 Å². The van der Waals surface area contributed by atoms with Gasteiger partial charge < -0.3 is 15.2 Å². The molecule has 1 rings (SSSR count). The van der Waals surface area contributed by atoms with E-state index in [1.165, 1.54) is 0 Å². The van der Waals surface area contributed by atoms with Crippen molar-refractivity contribution in [2.75, 3.05) is 6.61 Å². The first-order valence-electron chi connectivity index (χ1n) is 6.15. The molecular formula is C14H20BrNO3. The van der Waals surface area contributed by atoms with Crippen molar-refractivity contribution in [3.63, 3.8) is 0 Å². The van der Waals surface area contributed by atoms with Crippen molar-refractivity contribution in [3.8, 4) is 0 Å². The summed E-state index contributed by atoms with van der Waals surface area (Å²) < 4.78 is 6.12. The Labute approximate surface area is 122 Å². The van der Waals surface area contributed by atoms with Crippen LogP contribution in [0.25, 0.3) is 0 Å². The van der Waals surface area contributed by atoms with Gasteiger partial charge in [0.25, 0.3) is 0 Å². The van der Waals surface area contributed by atoms with E-state index < -0.39 is 11.7 Å². The zero-order valence-corrected chi connectivity index (χ0v) is 13.0. The Morgan fingerprint density at radius 3 is 2.58 bits per heavy atom. The molecule has 1 unspecified atom stereocenters. The number of carbonyl (C=O) groups excluding carboxylic acids is 1. The molecule has 19 heavy (non-hydrogen) atoms. The van der Waals surface area contributed by atoms with Crippen LogP contribution < -0.4 is 5.32 Å². The first-order valence-corrected chi connectivity index (χ1v) is 6.95. The molecule has 0 bridgehead atoms. The second kappa shape index (κ2) is 6.91. The second-order valence-electron chi connectivity index (χ2n) is 5.32. The van der Waals surface area contributed by atoms with E-state index in [0.717, 1.165) is 10.0 Å². The van der Waals surface area contributed by atoms with Gasteiger partial charge in [0.05, 0.1) is 12.6 Å². The van der Waals surface area contributed by atoms with Crippen LogP contribution in [0.15, 0.2) is 28.7 Å². The van der Waals surface area contributed by atoms with Crippen LogP contribution in [-0.4, -0.2) is 29.4 Å². The van der Waals surface area contributed by atoms with Gasteiger partial charge in [-0.3, -0.25) is 0 Å². The van der Waals surface area contributed by atoms with Crippen LogP contribution >= 0.6 is 15.9 Å². The number of aliphatic hydroxyl groups excluding tert-OH is 1. The van der Waals surface area contributed by atoms with E-state index >= 15 is 0 Å². The third-order valence-corrected chi connectivity index (χ3v) is 3.14. The summed E-state index contributed by atoms with van der Waals surface area (Å²) >= 11 is 3.44. The molecule has 4 nitrogen and oxygen atoms in total. The third-order valence-electron chi connectivity index (χ3n) is 2.37. The Morgan fingerprint density at radius 2 is 2.05 bits per heavy atom. The van der Waals surface area contributed by atoms with Gasteiger partial charge in [-0.2, -0.15) is 0 Å². The van der Waals surface area contributed by atoms with Crippen LogP contribution in [0.2, 0.25) is 0 Å². The molecule has 106 valence electrons. The van der Waals surface area contributed by atoms with Gasteiger partial charge in [-0.1, -0.05) is 34.1 Å². The molecule has 0 spiro atoms. The minimum absolute atomic E-state index is 0.138. The number of rotatable bonds is 4. The fraction of sp³-hybridized carbons (Fsp3) is 0.500. The minimum atomic E-state index is -0.544. The Morgan fingerprint density at radius 1 is 1.42 bits per heavy atom. The Bertz CT molecular complexity index is 429. The lowest BCUT2D eigenvalue weighted by molar-refractivity contribution is 0.0483. The molecule has 0 aliphatic rings. The summed E-state index contributed by atoms with van der Waals surface area (Å²) in [6.07, 6.45) is 0.0237. The molecule has 1 aromatic carbocycles. The summed E-state index contributed by atoms with van der Waals surface area (Å²) in [7, 11) is 0. The third kappa shape index (κ3) is 6.07. The molecule has 0 heterocycles. The predicted octanol–water partition coefficient (Wildman–Crippen LogP) is 2.88. The maximum Gasteiger partial charge on any atom is 0.407 e. The molecule has 1 aromatic rings. The molecule has 1 amide bonds. The Balaban J connectivity index is 2.60. The lowest BCUT2D eigenvalue weighted by Crippen LogP contribution is -2.42. The van der Waals surface area contributed by atoms with E-state index in [2.05, 4.69) is 21.2 Å². The number of alkyl carbamates (subject to hydrolysis) is 1. The number of hydrogen-bond donors (Lipinski definition) is 2. The van der Waals surface area contributed by atoms with Crippen LogP contribution in [0.3, 0.4) is 0 Å². The van der Waals surface area contributed by atoms with Crippen molar-refractivity contribution in [2.45, 2.75) is 38.8 Å². The number of nitrogens with one attached hydrogen (secondary N) is 1. The maximum atomic E-state index is 11.6. The Kier molecular flexibility index (Phi) is 5.82. The average molecular weight is 330 g/mol. The monoisotopic (exact) mass is 329 g/mol. The van der Waals surface area contributed by atoms with Gasteiger partial charge >= 0.3 is 6.09 Å². The molecule has 0 aliphatic heterocycles. The van der Waals surface area contributed by atoms with Crippen molar-refractivity contribution in [2.24, 2.45) is 0 Å². The fourth-order valence-electron chi connectivity index (χ4n) is 1.56. The van der Waals surface area contributed by atoms with Crippen LogP contribution in [0.1, 0.15) is 26.3 Å². The van der Waals surface area contributed by atoms with Gasteiger partial charge in [0.2, 0.25) is 0 Å². The highest BCUT2D eigenvalue weighted by Gasteiger charge is 2.19. The molecule has 0 radical (unpaired) electrons. The van der Waals surface area contributed by atoms with E-state index in [4.69, 9.17) is 4.74 Å². The summed E-state index contributed by atoms with van der Waals surface area (Å²) in [4.78, 5) is 11.6. The first kappa shape index (κ1) is 16.0. The maximum absolute atomic E-state index is 11.6. The molecule has 1 atom stereocenters. The molecule has 5 heteroatoms.